The Morgan fingerprint density at radius 2 is 1.81 bits per heavy atom. The molecule has 1 saturated heterocycles. The molecule has 0 saturated carbocycles. The van der Waals surface area contributed by atoms with Crippen LogP contribution in [0.25, 0.3) is 5.65 Å². The highest BCUT2D eigenvalue weighted by atomic mass is 19.4. The smallest absolute Gasteiger partial charge is 0.339 e. The van der Waals surface area contributed by atoms with Gasteiger partial charge in [0, 0.05) is 42.4 Å². The number of piperidine rings is 1. The third-order valence-electron chi connectivity index (χ3n) is 5.94. The van der Waals surface area contributed by atoms with Crippen LogP contribution in [0.5, 0.6) is 0 Å². The van der Waals surface area contributed by atoms with Gasteiger partial charge in [-0.05, 0) is 38.0 Å². The molecule has 4 rings (SSSR count). The van der Waals surface area contributed by atoms with E-state index < -0.39 is 17.3 Å². The number of aromatic nitrogens is 4. The van der Waals surface area contributed by atoms with Crippen LogP contribution in [0.1, 0.15) is 72.7 Å². The number of aryl methyl sites for hydroxylation is 1. The highest BCUT2D eigenvalue weighted by Crippen LogP contribution is 2.34. The zero-order valence-electron chi connectivity index (χ0n) is 18.6. The first-order valence-corrected chi connectivity index (χ1v) is 10.6. The van der Waals surface area contributed by atoms with Gasteiger partial charge in [-0.1, -0.05) is 20.8 Å². The van der Waals surface area contributed by atoms with E-state index in [0.717, 1.165) is 10.6 Å². The highest BCUT2D eigenvalue weighted by molar-refractivity contribution is 5.95. The van der Waals surface area contributed by atoms with Crippen molar-refractivity contribution in [3.05, 3.63) is 58.8 Å². The van der Waals surface area contributed by atoms with Crippen LogP contribution < -0.4 is 0 Å². The number of amides is 1. The third-order valence-corrected chi connectivity index (χ3v) is 5.94. The fourth-order valence-corrected chi connectivity index (χ4v) is 4.04. The number of halogens is 3. The van der Waals surface area contributed by atoms with Gasteiger partial charge in [-0.2, -0.15) is 18.3 Å². The van der Waals surface area contributed by atoms with Crippen molar-refractivity contribution in [3.63, 3.8) is 0 Å². The maximum Gasteiger partial charge on any atom is 0.433 e. The predicted octanol–water partition coefficient (Wildman–Crippen LogP) is 4.77. The molecule has 1 aliphatic rings. The van der Waals surface area contributed by atoms with Crippen LogP contribution >= 0.6 is 0 Å². The summed E-state index contributed by atoms with van der Waals surface area (Å²) in [6.45, 7) is 8.32. The number of hydrogen-bond acceptors (Lipinski definition) is 4. The summed E-state index contributed by atoms with van der Waals surface area (Å²) in [5.74, 6) is -0.102. The Morgan fingerprint density at radius 3 is 2.41 bits per heavy atom. The fourth-order valence-electron chi connectivity index (χ4n) is 4.04. The molecule has 0 bridgehead atoms. The number of carbonyl (C=O) groups excluding carboxylic acids is 1. The van der Waals surface area contributed by atoms with Gasteiger partial charge >= 0.3 is 6.18 Å². The normalized spacial score (nSPS) is 16.0. The molecule has 32 heavy (non-hydrogen) atoms. The number of nitrogens with zero attached hydrogens (tertiary/aromatic N) is 5. The lowest BCUT2D eigenvalue weighted by Gasteiger charge is -2.31. The van der Waals surface area contributed by atoms with E-state index in [1.54, 1.807) is 36.2 Å². The Hall–Kier alpha value is -2.97. The van der Waals surface area contributed by atoms with Crippen molar-refractivity contribution in [2.45, 2.75) is 58.0 Å². The van der Waals surface area contributed by atoms with Gasteiger partial charge in [0.2, 0.25) is 0 Å². The summed E-state index contributed by atoms with van der Waals surface area (Å²) in [4.78, 5) is 23.2. The van der Waals surface area contributed by atoms with Crippen molar-refractivity contribution in [1.82, 2.24) is 24.5 Å². The molecule has 1 fully saturated rings. The Kier molecular flexibility index (Phi) is 5.46. The molecule has 3 aromatic heterocycles. The number of likely N-dealkylation sites (tertiary alicyclic amines) is 1. The highest BCUT2D eigenvalue weighted by Gasteiger charge is 2.37. The topological polar surface area (TPSA) is 63.4 Å². The molecular formula is C23H26F3N5O. The van der Waals surface area contributed by atoms with Gasteiger partial charge in [-0.15, -0.1) is 0 Å². The maximum atomic E-state index is 13.7. The minimum Gasteiger partial charge on any atom is -0.339 e. The van der Waals surface area contributed by atoms with E-state index in [1.807, 2.05) is 20.8 Å². The van der Waals surface area contributed by atoms with Gasteiger partial charge in [0.25, 0.3) is 5.91 Å². The molecule has 4 heterocycles. The second-order valence-electron chi connectivity index (χ2n) is 9.32. The zero-order chi connectivity index (χ0) is 23.3. The second kappa shape index (κ2) is 7.86. The monoisotopic (exact) mass is 445 g/mol. The Labute approximate surface area is 184 Å². The Morgan fingerprint density at radius 1 is 1.12 bits per heavy atom. The van der Waals surface area contributed by atoms with Crippen molar-refractivity contribution in [2.75, 3.05) is 13.1 Å². The molecule has 0 atom stereocenters. The van der Waals surface area contributed by atoms with Crippen molar-refractivity contribution < 1.29 is 18.0 Å². The first-order chi connectivity index (χ1) is 14.9. The van der Waals surface area contributed by atoms with E-state index in [9.17, 15) is 18.0 Å². The minimum absolute atomic E-state index is 0.0325. The van der Waals surface area contributed by atoms with Crippen molar-refractivity contribution >= 4 is 11.6 Å². The number of fused-ring (bicyclic) bond motifs is 1. The lowest BCUT2D eigenvalue weighted by molar-refractivity contribution is -0.142. The van der Waals surface area contributed by atoms with Gasteiger partial charge in [-0.25, -0.2) is 9.50 Å². The molecule has 3 aromatic rings. The SMILES string of the molecule is Cc1ncccc1C(=O)N1CCC(c2cc3nc(C(C)(C)C)cc(C(F)(F)F)n3n2)CC1. The van der Waals surface area contributed by atoms with Crippen molar-refractivity contribution in [1.29, 1.82) is 0 Å². The fraction of sp³-hybridized carbons (Fsp3) is 0.478. The van der Waals surface area contributed by atoms with Crippen LogP contribution in [0.4, 0.5) is 13.2 Å². The molecule has 170 valence electrons. The van der Waals surface area contributed by atoms with Gasteiger partial charge in [0.15, 0.2) is 5.65 Å². The number of carbonyl (C=O) groups is 1. The standard InChI is InChI=1S/C23H26F3N5O/c1-14-16(6-5-9-27-14)21(32)30-10-7-15(8-11-30)17-12-20-28-18(22(2,3)4)13-19(23(24,25)26)31(20)29-17/h5-6,9,12-13,15H,7-8,10-11H2,1-4H3. The summed E-state index contributed by atoms with van der Waals surface area (Å²) < 4.78 is 42.1. The summed E-state index contributed by atoms with van der Waals surface area (Å²) in [5, 5.41) is 4.29. The molecule has 0 radical (unpaired) electrons. The summed E-state index contributed by atoms with van der Waals surface area (Å²) >= 11 is 0. The van der Waals surface area contributed by atoms with Crippen LogP contribution in [0.15, 0.2) is 30.5 Å². The van der Waals surface area contributed by atoms with Crippen LogP contribution in [0, 0.1) is 6.92 Å². The summed E-state index contributed by atoms with van der Waals surface area (Å²) in [7, 11) is 0. The number of alkyl halides is 3. The molecular weight excluding hydrogens is 419 g/mol. The average molecular weight is 445 g/mol. The third kappa shape index (κ3) is 4.20. The maximum absolute atomic E-state index is 13.7. The quantitative estimate of drug-likeness (QED) is 0.570. The first-order valence-electron chi connectivity index (χ1n) is 10.6. The minimum atomic E-state index is -4.54. The summed E-state index contributed by atoms with van der Waals surface area (Å²) in [6, 6.07) is 6.23. The number of hydrogen-bond donors (Lipinski definition) is 0. The van der Waals surface area contributed by atoms with Crippen LogP contribution in [0.3, 0.4) is 0 Å². The molecule has 0 N–H and O–H groups in total. The molecule has 0 unspecified atom stereocenters. The summed E-state index contributed by atoms with van der Waals surface area (Å²) in [5.41, 5.74) is 1.06. The second-order valence-corrected chi connectivity index (χ2v) is 9.32. The molecule has 9 heteroatoms. The van der Waals surface area contributed by atoms with Crippen LogP contribution in [0.2, 0.25) is 0 Å². The molecule has 1 amide bonds. The molecule has 1 aliphatic heterocycles. The zero-order valence-corrected chi connectivity index (χ0v) is 18.6. The van der Waals surface area contributed by atoms with E-state index in [2.05, 4.69) is 15.1 Å². The van der Waals surface area contributed by atoms with E-state index in [4.69, 9.17) is 0 Å². The Balaban J connectivity index is 1.59. The number of pyridine rings is 1. The van der Waals surface area contributed by atoms with E-state index in [1.165, 1.54) is 0 Å². The number of rotatable bonds is 2. The van der Waals surface area contributed by atoms with Crippen LogP contribution in [-0.2, 0) is 11.6 Å². The van der Waals surface area contributed by atoms with E-state index in [-0.39, 0.29) is 17.5 Å². The largest absolute Gasteiger partial charge is 0.433 e. The van der Waals surface area contributed by atoms with Gasteiger partial charge in [0.05, 0.1) is 17.0 Å². The van der Waals surface area contributed by atoms with E-state index >= 15 is 0 Å². The lowest BCUT2D eigenvalue weighted by Crippen LogP contribution is -2.38. The average Bonchev–Trinajstić information content (AvgIpc) is 3.16. The van der Waals surface area contributed by atoms with Gasteiger partial charge < -0.3 is 4.90 Å². The van der Waals surface area contributed by atoms with Gasteiger partial charge in [0.1, 0.15) is 5.69 Å². The van der Waals surface area contributed by atoms with Crippen molar-refractivity contribution in [3.8, 4) is 0 Å². The van der Waals surface area contributed by atoms with Gasteiger partial charge in [-0.3, -0.25) is 9.78 Å². The molecule has 0 spiro atoms. The first kappa shape index (κ1) is 22.2. The summed E-state index contributed by atoms with van der Waals surface area (Å²) in [6.07, 6.45) is -1.64. The van der Waals surface area contributed by atoms with Crippen LogP contribution in [-0.4, -0.2) is 43.5 Å². The molecule has 6 nitrogen and oxygen atoms in total. The lowest BCUT2D eigenvalue weighted by atomic mass is 9.91. The molecule has 0 aromatic carbocycles. The predicted molar refractivity (Wildman–Crippen MR) is 114 cm³/mol. The van der Waals surface area contributed by atoms with E-state index in [0.29, 0.717) is 48.6 Å². The Bertz CT molecular complexity index is 1150. The molecule has 0 aliphatic carbocycles. The van der Waals surface area contributed by atoms with Crippen molar-refractivity contribution in [2.24, 2.45) is 0 Å².